The average molecular weight is 319 g/mol. The molecule has 2 nitrogen and oxygen atoms in total. The number of hydrogen-bond donors (Lipinski definition) is 1. The Bertz CT molecular complexity index is 708. The van der Waals surface area contributed by atoms with Crippen molar-refractivity contribution in [3.8, 4) is 0 Å². The molecule has 1 rings (SSSR count). The zero-order chi connectivity index (χ0) is 17.0. The van der Waals surface area contributed by atoms with Gasteiger partial charge in [-0.3, -0.25) is 4.99 Å². The topological polar surface area (TPSA) is 38.4 Å². The van der Waals surface area contributed by atoms with Gasteiger partial charge in [-0.05, 0) is 41.2 Å². The average Bonchev–Trinajstić information content (AvgIpc) is 2.40. The second kappa shape index (κ2) is 7.28. The molecule has 0 spiro atoms. The normalized spacial score (nSPS) is 16.5. The smallest absolute Gasteiger partial charge is 0.117 e. The number of allylic oxidation sites excluding steroid dienone is 1. The second-order valence-electron chi connectivity index (χ2n) is 7.81. The Morgan fingerprint density at radius 1 is 1.18 bits per heavy atom. The lowest BCUT2D eigenvalue weighted by Crippen LogP contribution is -2.26. The van der Waals surface area contributed by atoms with Crippen molar-refractivity contribution in [2.45, 2.75) is 48.0 Å². The van der Waals surface area contributed by atoms with Crippen molar-refractivity contribution in [1.82, 2.24) is 0 Å². The first-order chi connectivity index (χ1) is 10.1. The first-order valence-corrected chi connectivity index (χ1v) is 8.56. The molecule has 122 valence electrons. The molecule has 0 aliphatic carbocycles. The molecule has 0 fully saturated rings. The summed E-state index contributed by atoms with van der Waals surface area (Å²) in [7, 11) is 1.85. The molecule has 0 aliphatic heterocycles. The Morgan fingerprint density at radius 2 is 1.82 bits per heavy atom. The van der Waals surface area contributed by atoms with E-state index in [1.165, 1.54) is 9.75 Å². The fourth-order valence-corrected chi connectivity index (χ4v) is 2.85. The Morgan fingerprint density at radius 3 is 2.27 bits per heavy atom. The predicted molar refractivity (Wildman–Crippen MR) is 99.8 cm³/mol. The number of nitrogens with two attached hydrogens (primary N) is 1. The minimum Gasteiger partial charge on any atom is -0.404 e. The molecular formula is C19H30N2S. The Kier molecular flexibility index (Phi) is 6.18. The maximum atomic E-state index is 5.78. The van der Waals surface area contributed by atoms with E-state index in [0.29, 0.717) is 5.41 Å². The van der Waals surface area contributed by atoms with Gasteiger partial charge in [0.1, 0.15) is 4.67 Å². The second-order valence-corrected chi connectivity index (χ2v) is 8.87. The van der Waals surface area contributed by atoms with Crippen LogP contribution in [-0.2, 0) is 0 Å². The van der Waals surface area contributed by atoms with Gasteiger partial charge in [-0.25, -0.2) is 0 Å². The fraction of sp³-hybridized carbons (Fsp3) is 0.526. The van der Waals surface area contributed by atoms with Crippen LogP contribution in [-0.4, -0.2) is 7.05 Å². The summed E-state index contributed by atoms with van der Waals surface area (Å²) < 4.78 is 2.25. The van der Waals surface area contributed by atoms with E-state index >= 15 is 0 Å². The molecule has 22 heavy (non-hydrogen) atoms. The van der Waals surface area contributed by atoms with E-state index in [0.717, 1.165) is 16.7 Å². The summed E-state index contributed by atoms with van der Waals surface area (Å²) in [5.74, 6) is 0. The maximum absolute atomic E-state index is 5.78. The summed E-state index contributed by atoms with van der Waals surface area (Å²) in [4.78, 5) is 4.44. The highest BCUT2D eigenvalue weighted by Gasteiger charge is 2.14. The molecule has 2 N–H and O–H groups in total. The minimum absolute atomic E-state index is 0.0437. The van der Waals surface area contributed by atoms with Crippen LogP contribution in [0.25, 0.3) is 12.2 Å². The van der Waals surface area contributed by atoms with Crippen molar-refractivity contribution >= 4 is 23.5 Å². The molecule has 0 radical (unpaired) electrons. The van der Waals surface area contributed by atoms with E-state index in [1.807, 2.05) is 7.05 Å². The summed E-state index contributed by atoms with van der Waals surface area (Å²) in [6.45, 7) is 13.3. The third kappa shape index (κ3) is 5.80. The molecule has 0 saturated carbocycles. The predicted octanol–water partition coefficient (Wildman–Crippen LogP) is 3.16. The van der Waals surface area contributed by atoms with Gasteiger partial charge in [0.25, 0.3) is 0 Å². The van der Waals surface area contributed by atoms with Crippen LogP contribution in [0.3, 0.4) is 0 Å². The van der Waals surface area contributed by atoms with Gasteiger partial charge in [-0.15, -0.1) is 11.3 Å². The number of hydrogen-bond acceptors (Lipinski definition) is 3. The minimum atomic E-state index is 0.0437. The third-order valence-electron chi connectivity index (χ3n) is 3.37. The molecule has 0 saturated heterocycles. The van der Waals surface area contributed by atoms with Gasteiger partial charge in [0, 0.05) is 16.8 Å². The lowest BCUT2D eigenvalue weighted by Gasteiger charge is -2.19. The van der Waals surface area contributed by atoms with Crippen molar-refractivity contribution in [2.75, 3.05) is 7.05 Å². The quantitative estimate of drug-likeness (QED) is 0.894. The molecule has 0 atom stereocenters. The van der Waals surface area contributed by atoms with Crippen LogP contribution in [0.1, 0.15) is 48.0 Å². The number of nitrogens with zero attached hydrogens (tertiary/aromatic N) is 1. The fourth-order valence-electron chi connectivity index (χ4n) is 1.94. The molecule has 0 aliphatic rings. The first-order valence-electron chi connectivity index (χ1n) is 7.74. The van der Waals surface area contributed by atoms with Gasteiger partial charge in [-0.2, -0.15) is 0 Å². The van der Waals surface area contributed by atoms with E-state index in [9.17, 15) is 0 Å². The van der Waals surface area contributed by atoms with Crippen LogP contribution in [0.4, 0.5) is 0 Å². The molecule has 0 bridgehead atoms. The van der Waals surface area contributed by atoms with Crippen LogP contribution in [0.2, 0.25) is 0 Å². The van der Waals surface area contributed by atoms with Gasteiger partial charge in [0.2, 0.25) is 0 Å². The van der Waals surface area contributed by atoms with Gasteiger partial charge < -0.3 is 5.73 Å². The molecule has 1 heterocycles. The van der Waals surface area contributed by atoms with Crippen molar-refractivity contribution in [2.24, 2.45) is 21.6 Å². The highest BCUT2D eigenvalue weighted by Crippen LogP contribution is 2.25. The Labute approximate surface area is 138 Å². The van der Waals surface area contributed by atoms with Crippen LogP contribution in [0.15, 0.2) is 28.9 Å². The highest BCUT2D eigenvalue weighted by atomic mass is 32.1. The summed E-state index contributed by atoms with van der Waals surface area (Å²) in [6, 6.07) is 4.32. The van der Waals surface area contributed by atoms with E-state index in [1.54, 1.807) is 17.5 Å². The van der Waals surface area contributed by atoms with Gasteiger partial charge in [0.15, 0.2) is 0 Å². The monoisotopic (exact) mass is 318 g/mol. The van der Waals surface area contributed by atoms with Gasteiger partial charge in [0.05, 0.1) is 0 Å². The molecular weight excluding hydrogens is 288 g/mol. The van der Waals surface area contributed by atoms with E-state index in [2.05, 4.69) is 70.8 Å². The van der Waals surface area contributed by atoms with E-state index in [4.69, 9.17) is 5.73 Å². The van der Waals surface area contributed by atoms with Crippen molar-refractivity contribution < 1.29 is 0 Å². The molecule has 0 amide bonds. The standard InChI is InChI=1S/C19H30N2S/c1-18(2,3)11-10-14-8-9-16(22-17(14)21-7)12-15(13-20)19(4,5)6/h8-10,12-13H,11,20H2,1-7H3/b14-10-,15-13+,16-12-,21-17?. The SMILES string of the molecule is CN=c1s/c(=C\C(=C/N)C(C)(C)C)cc/c1=C/CC(C)(C)C. The molecule has 0 unspecified atom stereocenters. The third-order valence-corrected chi connectivity index (χ3v) is 4.47. The van der Waals surface area contributed by atoms with Crippen LogP contribution in [0.5, 0.6) is 0 Å². The molecule has 1 aromatic heterocycles. The molecule has 0 aromatic carbocycles. The van der Waals surface area contributed by atoms with E-state index < -0.39 is 0 Å². The van der Waals surface area contributed by atoms with Crippen LogP contribution in [0, 0.1) is 10.8 Å². The molecule has 3 heteroatoms. The summed E-state index contributed by atoms with van der Waals surface area (Å²) >= 11 is 1.71. The summed E-state index contributed by atoms with van der Waals surface area (Å²) in [6.07, 6.45) is 7.19. The van der Waals surface area contributed by atoms with Crippen molar-refractivity contribution in [3.05, 3.63) is 38.3 Å². The highest BCUT2D eigenvalue weighted by molar-refractivity contribution is 7.07. The van der Waals surface area contributed by atoms with Crippen molar-refractivity contribution in [1.29, 1.82) is 0 Å². The zero-order valence-electron chi connectivity index (χ0n) is 15.0. The van der Waals surface area contributed by atoms with Crippen molar-refractivity contribution in [3.63, 3.8) is 0 Å². The zero-order valence-corrected chi connectivity index (χ0v) is 15.8. The number of rotatable bonds is 2. The van der Waals surface area contributed by atoms with Crippen LogP contribution < -0.4 is 20.2 Å². The largest absolute Gasteiger partial charge is 0.404 e. The summed E-state index contributed by atoms with van der Waals surface area (Å²) in [5, 5.41) is 1.22. The Balaban J connectivity index is 3.37. The van der Waals surface area contributed by atoms with Crippen LogP contribution >= 0.6 is 11.3 Å². The Hall–Kier alpha value is -1.35. The van der Waals surface area contributed by atoms with E-state index in [-0.39, 0.29) is 5.41 Å². The van der Waals surface area contributed by atoms with Gasteiger partial charge >= 0.3 is 0 Å². The van der Waals surface area contributed by atoms with Gasteiger partial charge in [-0.1, -0.05) is 53.7 Å². The lowest BCUT2D eigenvalue weighted by molar-refractivity contribution is 0.431. The first kappa shape index (κ1) is 18.7. The maximum Gasteiger partial charge on any atom is 0.117 e. The lowest BCUT2D eigenvalue weighted by atomic mass is 9.87. The molecule has 1 aromatic rings. The summed E-state index contributed by atoms with van der Waals surface area (Å²) in [5.41, 5.74) is 7.26.